The maximum Gasteiger partial charge on any atom is 0.272 e. The van der Waals surface area contributed by atoms with Crippen LogP contribution in [-0.4, -0.2) is 56.7 Å². The SMILES string of the molecule is Cn1nc(C(C)(C)C)cc1C(=O)N1CCCN(Cc2ccncc2)CC1. The maximum atomic E-state index is 13.0. The lowest BCUT2D eigenvalue weighted by molar-refractivity contribution is 0.0750. The number of hydrogen-bond donors (Lipinski definition) is 0. The van der Waals surface area contributed by atoms with Crippen LogP contribution in [0.1, 0.15) is 48.9 Å². The van der Waals surface area contributed by atoms with Crippen molar-refractivity contribution in [2.24, 2.45) is 7.05 Å². The lowest BCUT2D eigenvalue weighted by Gasteiger charge is -2.22. The third-order valence-electron chi connectivity index (χ3n) is 4.90. The van der Waals surface area contributed by atoms with Crippen molar-refractivity contribution < 1.29 is 4.79 Å². The summed E-state index contributed by atoms with van der Waals surface area (Å²) in [6, 6.07) is 6.05. The Morgan fingerprint density at radius 3 is 2.50 bits per heavy atom. The van der Waals surface area contributed by atoms with Gasteiger partial charge >= 0.3 is 0 Å². The predicted octanol–water partition coefficient (Wildman–Crippen LogP) is 2.46. The summed E-state index contributed by atoms with van der Waals surface area (Å²) >= 11 is 0. The number of aryl methyl sites for hydroxylation is 1. The molecule has 0 aliphatic carbocycles. The van der Waals surface area contributed by atoms with Gasteiger partial charge in [-0.05, 0) is 30.2 Å². The molecule has 1 saturated heterocycles. The second kappa shape index (κ2) is 7.58. The zero-order valence-corrected chi connectivity index (χ0v) is 16.3. The summed E-state index contributed by atoms with van der Waals surface area (Å²) in [7, 11) is 1.86. The minimum absolute atomic E-state index is 0.0591. The van der Waals surface area contributed by atoms with Crippen LogP contribution in [0.25, 0.3) is 0 Å². The summed E-state index contributed by atoms with van der Waals surface area (Å²) in [4.78, 5) is 21.5. The molecule has 6 heteroatoms. The van der Waals surface area contributed by atoms with Gasteiger partial charge in [0.2, 0.25) is 0 Å². The number of rotatable bonds is 3. The Labute approximate surface area is 155 Å². The minimum atomic E-state index is -0.0591. The van der Waals surface area contributed by atoms with Crippen LogP contribution < -0.4 is 0 Å². The number of pyridine rings is 1. The molecule has 0 atom stereocenters. The molecular weight excluding hydrogens is 326 g/mol. The molecule has 0 N–H and O–H groups in total. The van der Waals surface area contributed by atoms with E-state index in [1.807, 2.05) is 30.4 Å². The molecule has 3 heterocycles. The van der Waals surface area contributed by atoms with Gasteiger partial charge < -0.3 is 4.90 Å². The van der Waals surface area contributed by atoms with Crippen LogP contribution in [0.15, 0.2) is 30.6 Å². The normalized spacial score (nSPS) is 16.5. The highest BCUT2D eigenvalue weighted by Gasteiger charge is 2.26. The van der Waals surface area contributed by atoms with Crippen molar-refractivity contribution in [1.29, 1.82) is 0 Å². The summed E-state index contributed by atoms with van der Waals surface area (Å²) < 4.78 is 1.72. The average Bonchev–Trinajstić information content (AvgIpc) is 2.85. The summed E-state index contributed by atoms with van der Waals surface area (Å²) in [6.07, 6.45) is 4.65. The van der Waals surface area contributed by atoms with E-state index in [0.717, 1.165) is 44.8 Å². The fourth-order valence-electron chi connectivity index (χ4n) is 3.27. The van der Waals surface area contributed by atoms with Gasteiger partial charge in [0, 0.05) is 57.6 Å². The van der Waals surface area contributed by atoms with Crippen molar-refractivity contribution in [3.63, 3.8) is 0 Å². The largest absolute Gasteiger partial charge is 0.336 e. The van der Waals surface area contributed by atoms with Crippen LogP contribution in [0.3, 0.4) is 0 Å². The van der Waals surface area contributed by atoms with Crippen LogP contribution in [0.4, 0.5) is 0 Å². The average molecular weight is 355 g/mol. The van der Waals surface area contributed by atoms with Crippen LogP contribution in [0, 0.1) is 0 Å². The molecule has 2 aromatic heterocycles. The number of carbonyl (C=O) groups is 1. The predicted molar refractivity (Wildman–Crippen MR) is 102 cm³/mol. The smallest absolute Gasteiger partial charge is 0.272 e. The summed E-state index contributed by atoms with van der Waals surface area (Å²) in [5.74, 6) is 0.0845. The molecule has 26 heavy (non-hydrogen) atoms. The van der Waals surface area contributed by atoms with Crippen molar-refractivity contribution >= 4 is 5.91 Å². The first-order valence-electron chi connectivity index (χ1n) is 9.29. The van der Waals surface area contributed by atoms with Gasteiger partial charge in [0.25, 0.3) is 5.91 Å². The van der Waals surface area contributed by atoms with Crippen molar-refractivity contribution in [2.75, 3.05) is 26.2 Å². The third-order valence-corrected chi connectivity index (χ3v) is 4.90. The fourth-order valence-corrected chi connectivity index (χ4v) is 3.27. The third kappa shape index (κ3) is 4.30. The molecule has 1 amide bonds. The van der Waals surface area contributed by atoms with Crippen molar-refractivity contribution in [2.45, 2.75) is 39.2 Å². The standard InChI is InChI=1S/C20H29N5O/c1-20(2,3)18-14-17(23(4)22-18)19(26)25-11-5-10-24(12-13-25)15-16-6-8-21-9-7-16/h6-9,14H,5,10-13,15H2,1-4H3. The molecule has 3 rings (SSSR count). The molecule has 1 fully saturated rings. The van der Waals surface area contributed by atoms with E-state index in [9.17, 15) is 4.79 Å². The molecule has 0 bridgehead atoms. The Hall–Kier alpha value is -2.21. The van der Waals surface area contributed by atoms with E-state index in [1.54, 1.807) is 4.68 Å². The van der Waals surface area contributed by atoms with Gasteiger partial charge in [-0.25, -0.2) is 0 Å². The molecule has 0 unspecified atom stereocenters. The summed E-state index contributed by atoms with van der Waals surface area (Å²) in [5.41, 5.74) is 2.84. The highest BCUT2D eigenvalue weighted by atomic mass is 16.2. The molecular formula is C20H29N5O. The van der Waals surface area contributed by atoms with E-state index in [-0.39, 0.29) is 11.3 Å². The van der Waals surface area contributed by atoms with Crippen LogP contribution in [0.2, 0.25) is 0 Å². The lowest BCUT2D eigenvalue weighted by Crippen LogP contribution is -2.36. The first-order valence-corrected chi connectivity index (χ1v) is 9.29. The highest BCUT2D eigenvalue weighted by molar-refractivity contribution is 5.92. The van der Waals surface area contributed by atoms with Gasteiger partial charge in [0.15, 0.2) is 0 Å². The second-order valence-electron chi connectivity index (χ2n) is 8.07. The van der Waals surface area contributed by atoms with Crippen molar-refractivity contribution in [1.82, 2.24) is 24.6 Å². The van der Waals surface area contributed by atoms with Crippen LogP contribution >= 0.6 is 0 Å². The van der Waals surface area contributed by atoms with E-state index < -0.39 is 0 Å². The minimum Gasteiger partial charge on any atom is -0.336 e. The number of hydrogen-bond acceptors (Lipinski definition) is 4. The Bertz CT molecular complexity index is 747. The van der Waals surface area contributed by atoms with Gasteiger partial charge in [-0.15, -0.1) is 0 Å². The molecule has 140 valence electrons. The first kappa shape index (κ1) is 18.6. The first-order chi connectivity index (χ1) is 12.3. The molecule has 0 radical (unpaired) electrons. The number of carbonyl (C=O) groups excluding carboxylic acids is 1. The number of aromatic nitrogens is 3. The summed E-state index contributed by atoms with van der Waals surface area (Å²) in [6.45, 7) is 10.7. The topological polar surface area (TPSA) is 54.3 Å². The second-order valence-corrected chi connectivity index (χ2v) is 8.07. The maximum absolute atomic E-state index is 13.0. The Kier molecular flexibility index (Phi) is 5.41. The fraction of sp³-hybridized carbons (Fsp3) is 0.550. The van der Waals surface area contributed by atoms with Crippen LogP contribution in [0.5, 0.6) is 0 Å². The van der Waals surface area contributed by atoms with Gasteiger partial charge in [-0.2, -0.15) is 5.10 Å². The van der Waals surface area contributed by atoms with E-state index in [1.165, 1.54) is 5.56 Å². The van der Waals surface area contributed by atoms with Gasteiger partial charge in [0.05, 0.1) is 5.69 Å². The molecule has 1 aliphatic heterocycles. The Morgan fingerprint density at radius 1 is 1.12 bits per heavy atom. The molecule has 1 aliphatic rings. The van der Waals surface area contributed by atoms with E-state index >= 15 is 0 Å². The van der Waals surface area contributed by atoms with E-state index in [2.05, 4.69) is 47.9 Å². The molecule has 0 spiro atoms. The lowest BCUT2D eigenvalue weighted by atomic mass is 9.92. The zero-order chi connectivity index (χ0) is 18.7. The van der Waals surface area contributed by atoms with E-state index in [0.29, 0.717) is 5.69 Å². The monoisotopic (exact) mass is 355 g/mol. The number of amides is 1. The van der Waals surface area contributed by atoms with Crippen molar-refractivity contribution in [3.8, 4) is 0 Å². The molecule has 2 aromatic rings. The highest BCUT2D eigenvalue weighted by Crippen LogP contribution is 2.22. The molecule has 6 nitrogen and oxygen atoms in total. The molecule has 0 saturated carbocycles. The van der Waals surface area contributed by atoms with Crippen molar-refractivity contribution in [3.05, 3.63) is 47.5 Å². The van der Waals surface area contributed by atoms with Crippen LogP contribution in [-0.2, 0) is 19.0 Å². The van der Waals surface area contributed by atoms with Gasteiger partial charge in [-0.3, -0.25) is 19.4 Å². The van der Waals surface area contributed by atoms with Gasteiger partial charge in [0.1, 0.15) is 5.69 Å². The summed E-state index contributed by atoms with van der Waals surface area (Å²) in [5, 5.41) is 4.54. The molecule has 0 aromatic carbocycles. The Morgan fingerprint density at radius 2 is 1.85 bits per heavy atom. The van der Waals surface area contributed by atoms with E-state index in [4.69, 9.17) is 0 Å². The van der Waals surface area contributed by atoms with Gasteiger partial charge in [-0.1, -0.05) is 20.8 Å². The Balaban J connectivity index is 1.65. The number of nitrogens with zero attached hydrogens (tertiary/aromatic N) is 5. The zero-order valence-electron chi connectivity index (χ0n) is 16.3. The quantitative estimate of drug-likeness (QED) is 0.849.